The molecule has 0 amide bonds. The summed E-state index contributed by atoms with van der Waals surface area (Å²) in [4.78, 5) is 0. The fraction of sp³-hybridized carbons (Fsp3) is 0.207. The van der Waals surface area contributed by atoms with Crippen LogP contribution in [0.4, 0.5) is 0 Å². The lowest BCUT2D eigenvalue weighted by Gasteiger charge is -2.37. The molecule has 36 heavy (non-hydrogen) atoms. The molecule has 3 aromatic carbocycles. The number of furan rings is 1. The monoisotopic (exact) mass is 562 g/mol. The van der Waals surface area contributed by atoms with Crippen LogP contribution < -0.4 is 9.47 Å². The Kier molecular flexibility index (Phi) is 6.02. The molecule has 5 nitrogen and oxygen atoms in total. The summed E-state index contributed by atoms with van der Waals surface area (Å²) in [7, 11) is 0. The zero-order chi connectivity index (χ0) is 24.8. The van der Waals surface area contributed by atoms with Crippen LogP contribution in [0.1, 0.15) is 49.4 Å². The van der Waals surface area contributed by atoms with Crippen LogP contribution in [-0.2, 0) is 0 Å². The van der Waals surface area contributed by atoms with Gasteiger partial charge in [0.2, 0.25) is 6.23 Å². The third-order valence-corrected chi connectivity index (χ3v) is 7.02. The number of hydrazone groups is 1. The number of ether oxygens (including phenoxy) is 2. The van der Waals surface area contributed by atoms with E-state index in [0.29, 0.717) is 10.8 Å². The number of halogens is 2. The summed E-state index contributed by atoms with van der Waals surface area (Å²) in [6.07, 6.45) is 0.402. The minimum Gasteiger partial charge on any atom is -0.491 e. The number of hydrogen-bond donors (Lipinski definition) is 0. The van der Waals surface area contributed by atoms with Gasteiger partial charge in [-0.3, -0.25) is 0 Å². The van der Waals surface area contributed by atoms with Crippen LogP contribution in [-0.4, -0.2) is 16.8 Å². The first-order valence-corrected chi connectivity index (χ1v) is 13.1. The third-order valence-electron chi connectivity index (χ3n) is 6.29. The minimum absolute atomic E-state index is 0.0255. The zero-order valence-corrected chi connectivity index (χ0v) is 22.2. The highest BCUT2D eigenvalue weighted by Crippen LogP contribution is 2.48. The molecule has 2 aliphatic rings. The van der Waals surface area contributed by atoms with Gasteiger partial charge in [0.1, 0.15) is 17.3 Å². The van der Waals surface area contributed by atoms with Gasteiger partial charge in [-0.05, 0) is 86.1 Å². The summed E-state index contributed by atoms with van der Waals surface area (Å²) < 4.78 is 19.6. The van der Waals surface area contributed by atoms with Gasteiger partial charge in [-0.2, -0.15) is 5.10 Å². The van der Waals surface area contributed by atoms with Crippen LogP contribution in [0.3, 0.4) is 0 Å². The molecule has 0 bridgehead atoms. The number of fused-ring (bicyclic) bond motifs is 3. The normalized spacial score (nSPS) is 18.5. The van der Waals surface area contributed by atoms with Gasteiger partial charge in [-0.1, -0.05) is 39.7 Å². The van der Waals surface area contributed by atoms with Gasteiger partial charge in [0, 0.05) is 27.0 Å². The Bertz CT molecular complexity index is 1450. The van der Waals surface area contributed by atoms with Crippen molar-refractivity contribution in [2.45, 2.75) is 38.6 Å². The molecule has 4 aromatic rings. The van der Waals surface area contributed by atoms with Crippen LogP contribution in [0, 0.1) is 0 Å². The molecule has 182 valence electrons. The Morgan fingerprint density at radius 2 is 1.83 bits per heavy atom. The van der Waals surface area contributed by atoms with E-state index < -0.39 is 6.23 Å². The van der Waals surface area contributed by atoms with Crippen molar-refractivity contribution in [1.82, 2.24) is 5.01 Å². The van der Waals surface area contributed by atoms with Crippen molar-refractivity contribution in [2.75, 3.05) is 0 Å². The maximum absolute atomic E-state index is 6.47. The van der Waals surface area contributed by atoms with Gasteiger partial charge in [0.25, 0.3) is 0 Å². The predicted molar refractivity (Wildman–Crippen MR) is 145 cm³/mol. The Morgan fingerprint density at radius 1 is 1.00 bits per heavy atom. The van der Waals surface area contributed by atoms with E-state index in [4.69, 9.17) is 30.6 Å². The highest BCUT2D eigenvalue weighted by molar-refractivity contribution is 9.10. The summed E-state index contributed by atoms with van der Waals surface area (Å²) in [5.74, 6) is 3.11. The van der Waals surface area contributed by atoms with Crippen LogP contribution in [0.5, 0.6) is 11.5 Å². The maximum Gasteiger partial charge on any atom is 0.246 e. The van der Waals surface area contributed by atoms with Crippen molar-refractivity contribution in [1.29, 1.82) is 0 Å². The predicted octanol–water partition coefficient (Wildman–Crippen LogP) is 8.39. The summed E-state index contributed by atoms with van der Waals surface area (Å²) in [6.45, 7) is 4.05. The standard InChI is InChI=1S/C29H24BrClN2O3/c1-17(2)34-22-9-6-18(7-10-22)24-16-25-23-15-20(30)8-11-27(23)36-29(33(25)32-24)28-13-12-26(35-28)19-4-3-5-21(31)14-19/h3-15,17,25,29H,16H2,1-2H3/t25-,29-/m1/s1. The number of nitrogens with zero attached hydrogens (tertiary/aromatic N) is 2. The van der Waals surface area contributed by atoms with E-state index in [-0.39, 0.29) is 12.1 Å². The van der Waals surface area contributed by atoms with E-state index in [1.54, 1.807) is 0 Å². The minimum atomic E-state index is -0.488. The molecule has 3 heterocycles. The molecule has 0 aliphatic carbocycles. The highest BCUT2D eigenvalue weighted by atomic mass is 79.9. The van der Waals surface area contributed by atoms with E-state index in [2.05, 4.69) is 34.1 Å². The van der Waals surface area contributed by atoms with Gasteiger partial charge < -0.3 is 13.9 Å². The fourth-order valence-electron chi connectivity index (χ4n) is 4.70. The van der Waals surface area contributed by atoms with Crippen molar-refractivity contribution in [2.24, 2.45) is 5.10 Å². The van der Waals surface area contributed by atoms with Crippen molar-refractivity contribution in [3.63, 3.8) is 0 Å². The quantitative estimate of drug-likeness (QED) is 0.245. The molecular weight excluding hydrogens is 540 g/mol. The average molecular weight is 564 g/mol. The molecule has 0 fully saturated rings. The SMILES string of the molecule is CC(C)Oc1ccc(C2=NN3[C@H](C2)c2cc(Br)ccc2O[C@@H]3c2ccc(-c3cccc(Cl)c3)o2)cc1. The molecule has 0 N–H and O–H groups in total. The van der Waals surface area contributed by atoms with E-state index in [1.807, 2.05) is 79.5 Å². The van der Waals surface area contributed by atoms with Crippen LogP contribution in [0.25, 0.3) is 11.3 Å². The summed E-state index contributed by atoms with van der Waals surface area (Å²) in [5.41, 5.74) is 4.08. The lowest BCUT2D eigenvalue weighted by molar-refractivity contribution is -0.0322. The largest absolute Gasteiger partial charge is 0.491 e. The molecule has 1 aromatic heterocycles. The van der Waals surface area contributed by atoms with Gasteiger partial charge >= 0.3 is 0 Å². The first-order chi connectivity index (χ1) is 17.4. The molecule has 0 saturated heterocycles. The smallest absolute Gasteiger partial charge is 0.246 e. The first kappa shape index (κ1) is 23.2. The van der Waals surface area contributed by atoms with E-state index in [9.17, 15) is 0 Å². The molecule has 0 saturated carbocycles. The Morgan fingerprint density at radius 3 is 2.61 bits per heavy atom. The lowest BCUT2D eigenvalue weighted by Crippen LogP contribution is -2.33. The lowest BCUT2D eigenvalue weighted by atomic mass is 9.96. The third kappa shape index (κ3) is 4.40. The molecule has 2 aliphatic heterocycles. The summed E-state index contributed by atoms with van der Waals surface area (Å²) in [5, 5.41) is 7.72. The second kappa shape index (κ2) is 9.34. The number of hydrogen-bond acceptors (Lipinski definition) is 5. The molecule has 0 spiro atoms. The zero-order valence-electron chi connectivity index (χ0n) is 19.8. The summed E-state index contributed by atoms with van der Waals surface area (Å²) >= 11 is 9.81. The van der Waals surface area contributed by atoms with Crippen LogP contribution in [0.2, 0.25) is 5.02 Å². The van der Waals surface area contributed by atoms with Gasteiger partial charge in [-0.15, -0.1) is 0 Å². The van der Waals surface area contributed by atoms with E-state index >= 15 is 0 Å². The van der Waals surface area contributed by atoms with Crippen molar-refractivity contribution < 1.29 is 13.9 Å². The van der Waals surface area contributed by atoms with Gasteiger partial charge in [-0.25, -0.2) is 5.01 Å². The molecule has 2 atom stereocenters. The molecule has 7 heteroatoms. The Labute approximate surface area is 223 Å². The first-order valence-electron chi connectivity index (χ1n) is 11.9. The molecule has 0 radical (unpaired) electrons. The second-order valence-electron chi connectivity index (χ2n) is 9.20. The van der Waals surface area contributed by atoms with E-state index in [0.717, 1.165) is 50.6 Å². The number of benzene rings is 3. The van der Waals surface area contributed by atoms with Crippen molar-refractivity contribution in [3.8, 4) is 22.8 Å². The van der Waals surface area contributed by atoms with Gasteiger partial charge in [0.15, 0.2) is 5.76 Å². The van der Waals surface area contributed by atoms with E-state index in [1.165, 1.54) is 0 Å². The number of rotatable bonds is 5. The Balaban J connectivity index is 1.36. The summed E-state index contributed by atoms with van der Waals surface area (Å²) in [6, 6.07) is 25.8. The molecule has 6 rings (SSSR count). The van der Waals surface area contributed by atoms with Gasteiger partial charge in [0.05, 0.1) is 17.9 Å². The topological polar surface area (TPSA) is 47.2 Å². The second-order valence-corrected chi connectivity index (χ2v) is 10.6. The molecular formula is C29H24BrClN2O3. The Hall–Kier alpha value is -3.22. The molecule has 0 unspecified atom stereocenters. The highest BCUT2D eigenvalue weighted by Gasteiger charge is 2.42. The average Bonchev–Trinajstić information content (AvgIpc) is 3.52. The fourth-order valence-corrected chi connectivity index (χ4v) is 5.27. The van der Waals surface area contributed by atoms with Crippen LogP contribution in [0.15, 0.2) is 92.9 Å². The van der Waals surface area contributed by atoms with Crippen molar-refractivity contribution in [3.05, 3.63) is 105 Å². The van der Waals surface area contributed by atoms with Crippen LogP contribution >= 0.6 is 27.5 Å². The maximum atomic E-state index is 6.47. The van der Waals surface area contributed by atoms with Crippen molar-refractivity contribution >= 4 is 33.2 Å².